The average molecular weight is 384 g/mol. The molecule has 27 heavy (non-hydrogen) atoms. The van der Waals surface area contributed by atoms with E-state index < -0.39 is 11.8 Å². The molecule has 3 aromatic rings. The van der Waals surface area contributed by atoms with E-state index in [2.05, 4.69) is 21.3 Å². The molecule has 0 bridgehead atoms. The Morgan fingerprint density at radius 3 is 2.59 bits per heavy atom. The molecule has 8 nitrogen and oxygen atoms in total. The van der Waals surface area contributed by atoms with E-state index >= 15 is 0 Å². The summed E-state index contributed by atoms with van der Waals surface area (Å²) in [5.41, 5.74) is 5.90. The van der Waals surface area contributed by atoms with Crippen molar-refractivity contribution in [1.29, 1.82) is 0 Å². The van der Waals surface area contributed by atoms with Crippen molar-refractivity contribution in [3.8, 4) is 11.3 Å². The zero-order valence-corrected chi connectivity index (χ0v) is 14.9. The van der Waals surface area contributed by atoms with Gasteiger partial charge in [-0.1, -0.05) is 35.5 Å². The third kappa shape index (κ3) is 5.02. The Bertz CT molecular complexity index is 922. The minimum atomic E-state index is -0.600. The number of hydrogen-bond acceptors (Lipinski definition) is 6. The molecule has 0 saturated heterocycles. The van der Waals surface area contributed by atoms with Gasteiger partial charge in [-0.25, -0.2) is 0 Å². The van der Waals surface area contributed by atoms with Crippen molar-refractivity contribution in [2.75, 3.05) is 6.54 Å². The number of thiophene rings is 1. The Morgan fingerprint density at radius 1 is 1.04 bits per heavy atom. The summed E-state index contributed by atoms with van der Waals surface area (Å²) in [7, 11) is 0. The first-order valence-electron chi connectivity index (χ1n) is 8.05. The van der Waals surface area contributed by atoms with Crippen molar-refractivity contribution in [2.24, 2.45) is 0 Å². The maximum absolute atomic E-state index is 12.0. The number of hydrogen-bond donors (Lipinski definition) is 3. The van der Waals surface area contributed by atoms with Gasteiger partial charge < -0.3 is 9.84 Å². The second-order valence-corrected chi connectivity index (χ2v) is 6.24. The lowest BCUT2D eigenvalue weighted by molar-refractivity contribution is -0.121. The van der Waals surface area contributed by atoms with Crippen LogP contribution >= 0.6 is 11.3 Å². The van der Waals surface area contributed by atoms with E-state index in [1.165, 1.54) is 17.4 Å². The Kier molecular flexibility index (Phi) is 5.95. The molecule has 0 saturated carbocycles. The molecule has 3 rings (SSSR count). The monoisotopic (exact) mass is 384 g/mol. The molecule has 0 atom stereocenters. The van der Waals surface area contributed by atoms with Crippen LogP contribution in [0.2, 0.25) is 0 Å². The Morgan fingerprint density at radius 2 is 1.85 bits per heavy atom. The molecular formula is C18H16N4O4S. The summed E-state index contributed by atoms with van der Waals surface area (Å²) in [6.07, 6.45) is 0.0181. The smallest absolute Gasteiger partial charge is 0.291 e. The Balaban J connectivity index is 1.42. The van der Waals surface area contributed by atoms with E-state index in [9.17, 15) is 14.4 Å². The number of benzene rings is 1. The average Bonchev–Trinajstić information content (AvgIpc) is 3.38. The predicted octanol–water partition coefficient (Wildman–Crippen LogP) is 1.98. The SMILES string of the molecule is O=C(CCNC(=O)c1ccsc1)NNC(=O)c1cc(-c2ccccc2)on1. The van der Waals surface area contributed by atoms with Crippen LogP contribution in [0, 0.1) is 0 Å². The summed E-state index contributed by atoms with van der Waals surface area (Å²) in [5.74, 6) is -0.843. The number of carbonyl (C=O) groups is 3. The lowest BCUT2D eigenvalue weighted by Gasteiger charge is -2.06. The number of nitrogens with one attached hydrogen (secondary N) is 3. The number of aromatic nitrogens is 1. The van der Waals surface area contributed by atoms with Crippen LogP contribution in [0.3, 0.4) is 0 Å². The fraction of sp³-hybridized carbons (Fsp3) is 0.111. The lowest BCUT2D eigenvalue weighted by Crippen LogP contribution is -2.42. The van der Waals surface area contributed by atoms with Gasteiger partial charge in [-0.15, -0.1) is 0 Å². The molecule has 2 heterocycles. The first kappa shape index (κ1) is 18.3. The normalized spacial score (nSPS) is 10.2. The molecule has 0 fully saturated rings. The minimum absolute atomic E-state index is 0.0181. The van der Waals surface area contributed by atoms with Crippen LogP contribution in [-0.2, 0) is 4.79 Å². The van der Waals surface area contributed by atoms with Crippen LogP contribution in [0.25, 0.3) is 11.3 Å². The molecule has 9 heteroatoms. The van der Waals surface area contributed by atoms with Crippen LogP contribution in [0.5, 0.6) is 0 Å². The van der Waals surface area contributed by atoms with Gasteiger partial charge in [-0.2, -0.15) is 11.3 Å². The van der Waals surface area contributed by atoms with Crippen LogP contribution < -0.4 is 16.2 Å². The van der Waals surface area contributed by atoms with Crippen molar-refractivity contribution in [3.05, 3.63) is 64.5 Å². The highest BCUT2D eigenvalue weighted by molar-refractivity contribution is 7.08. The fourth-order valence-electron chi connectivity index (χ4n) is 2.16. The molecule has 2 aromatic heterocycles. The largest absolute Gasteiger partial charge is 0.355 e. The van der Waals surface area contributed by atoms with Crippen molar-refractivity contribution in [3.63, 3.8) is 0 Å². The highest BCUT2D eigenvalue weighted by Gasteiger charge is 2.14. The minimum Gasteiger partial charge on any atom is -0.355 e. The van der Waals surface area contributed by atoms with Gasteiger partial charge >= 0.3 is 0 Å². The quantitative estimate of drug-likeness (QED) is 0.563. The zero-order chi connectivity index (χ0) is 19.1. The van der Waals surface area contributed by atoms with Crippen LogP contribution in [0.4, 0.5) is 0 Å². The van der Waals surface area contributed by atoms with Crippen molar-refractivity contribution < 1.29 is 18.9 Å². The lowest BCUT2D eigenvalue weighted by atomic mass is 10.1. The van der Waals surface area contributed by atoms with Gasteiger partial charge in [-0.3, -0.25) is 25.2 Å². The zero-order valence-electron chi connectivity index (χ0n) is 14.1. The molecule has 3 N–H and O–H groups in total. The molecule has 0 aliphatic heterocycles. The van der Waals surface area contributed by atoms with E-state index in [1.54, 1.807) is 16.8 Å². The molecule has 1 aromatic carbocycles. The maximum atomic E-state index is 12.0. The van der Waals surface area contributed by atoms with Gasteiger partial charge in [0.25, 0.3) is 11.8 Å². The molecule has 0 aliphatic carbocycles. The summed E-state index contributed by atoms with van der Waals surface area (Å²) in [5, 5.41) is 9.83. The second kappa shape index (κ2) is 8.77. The number of hydrazine groups is 1. The third-order valence-electron chi connectivity index (χ3n) is 3.54. The van der Waals surface area contributed by atoms with Crippen molar-refractivity contribution >= 4 is 29.1 Å². The van der Waals surface area contributed by atoms with Crippen LogP contribution in [0.15, 0.2) is 57.7 Å². The third-order valence-corrected chi connectivity index (χ3v) is 4.22. The molecule has 138 valence electrons. The molecule has 0 unspecified atom stereocenters. The molecule has 0 aliphatic rings. The van der Waals surface area contributed by atoms with E-state index in [0.717, 1.165) is 5.56 Å². The van der Waals surface area contributed by atoms with E-state index in [4.69, 9.17) is 4.52 Å². The molecule has 3 amide bonds. The van der Waals surface area contributed by atoms with Crippen LogP contribution in [-0.4, -0.2) is 29.4 Å². The van der Waals surface area contributed by atoms with E-state index in [-0.39, 0.29) is 24.6 Å². The second-order valence-electron chi connectivity index (χ2n) is 5.46. The summed E-state index contributed by atoms with van der Waals surface area (Å²) in [6.45, 7) is 0.151. The Hall–Kier alpha value is -3.46. The molecular weight excluding hydrogens is 368 g/mol. The first-order chi connectivity index (χ1) is 13.1. The first-order valence-corrected chi connectivity index (χ1v) is 8.99. The van der Waals surface area contributed by atoms with Gasteiger partial charge in [0.2, 0.25) is 5.91 Å². The summed E-state index contributed by atoms with van der Waals surface area (Å²) < 4.78 is 5.14. The van der Waals surface area contributed by atoms with Crippen molar-refractivity contribution in [2.45, 2.75) is 6.42 Å². The van der Waals surface area contributed by atoms with Gasteiger partial charge in [0, 0.05) is 35.5 Å². The number of rotatable bonds is 6. The Labute approximate surface area is 158 Å². The van der Waals surface area contributed by atoms with Crippen molar-refractivity contribution in [1.82, 2.24) is 21.3 Å². The van der Waals surface area contributed by atoms with Crippen LogP contribution in [0.1, 0.15) is 27.3 Å². The van der Waals surface area contributed by atoms with Gasteiger partial charge in [0.15, 0.2) is 11.5 Å². The molecule has 0 spiro atoms. The van der Waals surface area contributed by atoms with Gasteiger partial charge in [0.05, 0.1) is 0 Å². The van der Waals surface area contributed by atoms with Gasteiger partial charge in [-0.05, 0) is 11.4 Å². The molecule has 0 radical (unpaired) electrons. The maximum Gasteiger partial charge on any atom is 0.291 e. The number of nitrogens with zero attached hydrogens (tertiary/aromatic N) is 1. The van der Waals surface area contributed by atoms with Gasteiger partial charge in [0.1, 0.15) is 0 Å². The highest BCUT2D eigenvalue weighted by atomic mass is 32.1. The van der Waals surface area contributed by atoms with E-state index in [1.807, 2.05) is 30.3 Å². The summed E-state index contributed by atoms with van der Waals surface area (Å²) in [6, 6.07) is 12.4. The highest BCUT2D eigenvalue weighted by Crippen LogP contribution is 2.19. The number of carbonyl (C=O) groups excluding carboxylic acids is 3. The fourth-order valence-corrected chi connectivity index (χ4v) is 2.79. The number of amides is 3. The summed E-state index contributed by atoms with van der Waals surface area (Å²) >= 11 is 1.42. The standard InChI is InChI=1S/C18H16N4O4S/c23-16(6-8-19-17(24)13-7-9-27-11-13)20-21-18(25)14-10-15(26-22-14)12-4-2-1-3-5-12/h1-5,7,9-11H,6,8H2,(H,19,24)(H,20,23)(H,21,25). The topological polar surface area (TPSA) is 113 Å². The predicted molar refractivity (Wildman–Crippen MR) is 98.8 cm³/mol. The summed E-state index contributed by atoms with van der Waals surface area (Å²) in [4.78, 5) is 35.5. The van der Waals surface area contributed by atoms with E-state index in [0.29, 0.717) is 11.3 Å².